The SMILES string of the molecule is CC(C)(C)[S@@+]([O-])N[C@H]1c2ccccc2CC12CCN(c1ncc(Sc3ccnc(N)c3Cl)c3nncn13)CC2. The quantitative estimate of drug-likeness (QED) is 0.318. The van der Waals surface area contributed by atoms with Crippen LogP contribution in [0.25, 0.3) is 5.65 Å². The highest BCUT2D eigenvalue weighted by Gasteiger charge is 2.50. The van der Waals surface area contributed by atoms with Crippen LogP contribution in [0.15, 0.2) is 58.8 Å². The first-order valence-corrected chi connectivity index (χ1v) is 15.3. The largest absolute Gasteiger partial charge is 0.598 e. The summed E-state index contributed by atoms with van der Waals surface area (Å²) in [6, 6.07) is 10.5. The summed E-state index contributed by atoms with van der Waals surface area (Å²) in [6.07, 6.45) is 8.05. The molecule has 1 aliphatic heterocycles. The standard InChI is InChI=1S/C27H31ClN8OS2/c1-26(2,3)39(37)34-22-18-7-5-4-6-17(18)14-27(22)9-12-35(13-10-27)25-31-15-20(24-33-32-16-36(24)25)38-19-8-11-30-23(29)21(19)28/h4-8,11,15-16,22,34H,9-10,12-14H2,1-3H3,(H2,29,30)/t22-,39+/m0/s1. The van der Waals surface area contributed by atoms with Gasteiger partial charge in [0.15, 0.2) is 5.65 Å². The Morgan fingerprint density at radius 3 is 2.69 bits per heavy atom. The van der Waals surface area contributed by atoms with E-state index < -0.39 is 11.4 Å². The molecule has 1 aromatic carbocycles. The summed E-state index contributed by atoms with van der Waals surface area (Å²) in [5.41, 5.74) is 9.23. The number of anilines is 2. The molecule has 4 heterocycles. The molecule has 12 heteroatoms. The van der Waals surface area contributed by atoms with Crippen LogP contribution in [0.4, 0.5) is 11.8 Å². The van der Waals surface area contributed by atoms with Crippen LogP contribution in [0.3, 0.4) is 0 Å². The molecule has 1 fully saturated rings. The van der Waals surface area contributed by atoms with Gasteiger partial charge in [0.25, 0.3) is 0 Å². The molecular formula is C27H31ClN8OS2. The van der Waals surface area contributed by atoms with Gasteiger partial charge in [-0.15, -0.1) is 14.9 Å². The average molecular weight is 583 g/mol. The summed E-state index contributed by atoms with van der Waals surface area (Å²) in [4.78, 5) is 12.8. The number of rotatable bonds is 5. The highest BCUT2D eigenvalue weighted by atomic mass is 35.5. The van der Waals surface area contributed by atoms with Crippen LogP contribution in [-0.4, -0.2) is 47.0 Å². The summed E-state index contributed by atoms with van der Waals surface area (Å²) in [5, 5.41) is 8.98. The summed E-state index contributed by atoms with van der Waals surface area (Å²) in [6.45, 7) is 7.70. The van der Waals surface area contributed by atoms with Gasteiger partial charge in [-0.3, -0.25) is 0 Å². The van der Waals surface area contributed by atoms with Gasteiger partial charge >= 0.3 is 0 Å². The van der Waals surface area contributed by atoms with Crippen molar-refractivity contribution in [2.75, 3.05) is 23.7 Å². The van der Waals surface area contributed by atoms with Crippen molar-refractivity contribution in [2.24, 2.45) is 5.41 Å². The number of nitrogens with two attached hydrogens (primary N) is 1. The zero-order valence-corrected chi connectivity index (χ0v) is 24.5. The molecule has 0 saturated carbocycles. The van der Waals surface area contributed by atoms with Crippen LogP contribution in [0.2, 0.25) is 5.02 Å². The zero-order valence-electron chi connectivity index (χ0n) is 22.1. The highest BCUT2D eigenvalue weighted by Crippen LogP contribution is 2.53. The maximum Gasteiger partial charge on any atom is 0.212 e. The third-order valence-corrected chi connectivity index (χ3v) is 10.9. The molecule has 3 aromatic heterocycles. The Kier molecular flexibility index (Phi) is 6.91. The molecule has 0 bridgehead atoms. The average Bonchev–Trinajstić information content (AvgIpc) is 3.51. The molecular weight excluding hydrogens is 552 g/mol. The molecule has 2 aliphatic rings. The molecule has 0 unspecified atom stereocenters. The van der Waals surface area contributed by atoms with Crippen LogP contribution < -0.4 is 15.4 Å². The van der Waals surface area contributed by atoms with Gasteiger partial charge in [0.2, 0.25) is 5.95 Å². The maximum absolute atomic E-state index is 13.2. The van der Waals surface area contributed by atoms with E-state index in [0.717, 1.165) is 48.1 Å². The van der Waals surface area contributed by atoms with E-state index in [9.17, 15) is 4.55 Å². The number of nitrogen functional groups attached to an aromatic ring is 1. The number of fused-ring (bicyclic) bond motifs is 2. The summed E-state index contributed by atoms with van der Waals surface area (Å²) in [7, 11) is 0. The Hall–Kier alpha value is -2.57. The van der Waals surface area contributed by atoms with Gasteiger partial charge in [0.05, 0.1) is 16.0 Å². The van der Waals surface area contributed by atoms with Crippen molar-refractivity contribution in [1.29, 1.82) is 0 Å². The molecule has 204 valence electrons. The second kappa shape index (κ2) is 10.1. The van der Waals surface area contributed by atoms with E-state index in [4.69, 9.17) is 22.3 Å². The van der Waals surface area contributed by atoms with E-state index in [1.54, 1.807) is 12.5 Å². The summed E-state index contributed by atoms with van der Waals surface area (Å²) >= 11 is 6.66. The van der Waals surface area contributed by atoms with Gasteiger partial charge in [0, 0.05) is 47.2 Å². The summed E-state index contributed by atoms with van der Waals surface area (Å²) in [5.74, 6) is 1.10. The first-order valence-electron chi connectivity index (χ1n) is 12.9. The van der Waals surface area contributed by atoms with Gasteiger partial charge < -0.3 is 15.2 Å². The van der Waals surface area contributed by atoms with E-state index in [1.165, 1.54) is 22.9 Å². The van der Waals surface area contributed by atoms with Crippen molar-refractivity contribution < 1.29 is 4.55 Å². The monoisotopic (exact) mass is 582 g/mol. The Morgan fingerprint density at radius 2 is 1.92 bits per heavy atom. The lowest BCUT2D eigenvalue weighted by atomic mass is 9.73. The number of piperidine rings is 1. The van der Waals surface area contributed by atoms with Crippen molar-refractivity contribution in [3.8, 4) is 0 Å². The normalized spacial score (nSPS) is 19.5. The Balaban J connectivity index is 1.25. The number of hydrogen-bond acceptors (Lipinski definition) is 9. The second-order valence-corrected chi connectivity index (χ2v) is 14.7. The molecule has 1 aliphatic carbocycles. The Bertz CT molecular complexity index is 1520. The van der Waals surface area contributed by atoms with Gasteiger partial charge in [-0.1, -0.05) is 47.6 Å². The fourth-order valence-corrected chi connectivity index (χ4v) is 7.68. The minimum absolute atomic E-state index is 0.00121. The lowest BCUT2D eigenvalue weighted by Crippen LogP contribution is -2.50. The van der Waals surface area contributed by atoms with E-state index in [2.05, 4.69) is 49.1 Å². The minimum atomic E-state index is -1.16. The maximum atomic E-state index is 13.2. The Morgan fingerprint density at radius 1 is 1.15 bits per heavy atom. The number of benzene rings is 1. The summed E-state index contributed by atoms with van der Waals surface area (Å²) < 4.78 is 18.3. The lowest BCUT2D eigenvalue weighted by Gasteiger charge is -2.44. The van der Waals surface area contributed by atoms with Gasteiger partial charge in [0.1, 0.15) is 16.9 Å². The van der Waals surface area contributed by atoms with Gasteiger partial charge in [-0.25, -0.2) is 14.4 Å². The molecule has 0 amide bonds. The van der Waals surface area contributed by atoms with Gasteiger partial charge in [-0.2, -0.15) is 0 Å². The van der Waals surface area contributed by atoms with Crippen LogP contribution in [0, 0.1) is 5.41 Å². The lowest BCUT2D eigenvalue weighted by molar-refractivity contribution is 0.175. The number of aromatic nitrogens is 5. The van der Waals surface area contributed by atoms with E-state index in [0.29, 0.717) is 16.5 Å². The number of nitrogens with one attached hydrogen (secondary N) is 1. The van der Waals surface area contributed by atoms with Crippen molar-refractivity contribution in [3.05, 3.63) is 65.2 Å². The van der Waals surface area contributed by atoms with Crippen molar-refractivity contribution >= 4 is 52.1 Å². The highest BCUT2D eigenvalue weighted by molar-refractivity contribution is 7.99. The molecule has 1 spiro atoms. The molecule has 2 atom stereocenters. The molecule has 3 N–H and O–H groups in total. The molecule has 1 saturated heterocycles. The number of halogens is 1. The van der Waals surface area contributed by atoms with Crippen molar-refractivity contribution in [2.45, 2.75) is 60.6 Å². The smallest absolute Gasteiger partial charge is 0.212 e. The fourth-order valence-electron chi connectivity index (χ4n) is 5.61. The van der Waals surface area contributed by atoms with Crippen LogP contribution in [0.1, 0.15) is 50.8 Å². The van der Waals surface area contributed by atoms with Crippen molar-refractivity contribution in [1.82, 2.24) is 29.3 Å². The number of hydrogen-bond donors (Lipinski definition) is 2. The molecule has 4 aromatic rings. The van der Waals surface area contributed by atoms with E-state index >= 15 is 0 Å². The molecule has 6 rings (SSSR count). The number of nitrogens with zero attached hydrogens (tertiary/aromatic N) is 6. The van der Waals surface area contributed by atoms with E-state index in [-0.39, 0.29) is 16.2 Å². The predicted octanol–water partition coefficient (Wildman–Crippen LogP) is 4.84. The van der Waals surface area contributed by atoms with Crippen LogP contribution in [0.5, 0.6) is 0 Å². The Labute approximate surface area is 240 Å². The first-order chi connectivity index (χ1) is 18.7. The molecule has 39 heavy (non-hydrogen) atoms. The molecule has 9 nitrogen and oxygen atoms in total. The third-order valence-electron chi connectivity index (χ3n) is 7.73. The fraction of sp³-hybridized carbons (Fsp3) is 0.407. The van der Waals surface area contributed by atoms with Crippen LogP contribution >= 0.6 is 23.4 Å². The second-order valence-electron chi connectivity index (χ2n) is 11.2. The van der Waals surface area contributed by atoms with Crippen molar-refractivity contribution in [3.63, 3.8) is 0 Å². The number of pyridine rings is 1. The molecule has 0 radical (unpaired) electrons. The first kappa shape index (κ1) is 26.6. The van der Waals surface area contributed by atoms with Gasteiger partial charge in [-0.05, 0) is 57.2 Å². The van der Waals surface area contributed by atoms with E-state index in [1.807, 2.05) is 37.4 Å². The topological polar surface area (TPSA) is 120 Å². The predicted molar refractivity (Wildman–Crippen MR) is 156 cm³/mol. The minimum Gasteiger partial charge on any atom is -0.598 e. The third kappa shape index (κ3) is 4.84. The van der Waals surface area contributed by atoms with Crippen LogP contribution in [-0.2, 0) is 17.8 Å². The zero-order chi connectivity index (χ0) is 27.4.